The van der Waals surface area contributed by atoms with E-state index in [1.165, 1.54) is 6.07 Å². The number of fused-ring (bicyclic) bond motifs is 1. The Morgan fingerprint density at radius 3 is 2.64 bits per heavy atom. The first-order chi connectivity index (χ1) is 15.5. The molecule has 1 aromatic heterocycles. The summed E-state index contributed by atoms with van der Waals surface area (Å²) in [7, 11) is 1.55. The van der Waals surface area contributed by atoms with Crippen LogP contribution in [-0.2, 0) is 28.7 Å². The average Bonchev–Trinajstić information content (AvgIpc) is 2.71. The maximum absolute atomic E-state index is 13.2. The van der Waals surface area contributed by atoms with Crippen molar-refractivity contribution in [2.45, 2.75) is 57.0 Å². The Morgan fingerprint density at radius 2 is 2.03 bits per heavy atom. The maximum atomic E-state index is 13.2. The number of nitrogens with two attached hydrogens (primary N) is 1. The van der Waals surface area contributed by atoms with E-state index in [4.69, 9.17) is 22.1 Å². The summed E-state index contributed by atoms with van der Waals surface area (Å²) in [5.74, 6) is 0.313. The van der Waals surface area contributed by atoms with Crippen LogP contribution < -0.4 is 11.1 Å². The van der Waals surface area contributed by atoms with Crippen LogP contribution in [0.2, 0.25) is 5.28 Å². The third-order valence-corrected chi connectivity index (χ3v) is 6.59. The topological polar surface area (TPSA) is 93.4 Å². The summed E-state index contributed by atoms with van der Waals surface area (Å²) in [5, 5.41) is 3.17. The van der Waals surface area contributed by atoms with Crippen molar-refractivity contribution >= 4 is 29.0 Å². The molecule has 178 valence electrons. The van der Waals surface area contributed by atoms with E-state index >= 15 is 0 Å². The van der Waals surface area contributed by atoms with Crippen molar-refractivity contribution in [3.05, 3.63) is 45.9 Å². The molecule has 2 heterocycles. The third kappa shape index (κ3) is 4.59. The molecular weight excluding hydrogens is 459 g/mol. The summed E-state index contributed by atoms with van der Waals surface area (Å²) in [6, 6.07) is 2.87. The Balaban J connectivity index is 1.61. The quantitative estimate of drug-likeness (QED) is 0.485. The Morgan fingerprint density at radius 1 is 1.30 bits per heavy atom. The lowest BCUT2D eigenvalue weighted by Gasteiger charge is -2.43. The highest BCUT2D eigenvalue weighted by molar-refractivity contribution is 6.28. The molecule has 1 aliphatic heterocycles. The molecule has 0 bridgehead atoms. The molecule has 2 aromatic rings. The van der Waals surface area contributed by atoms with Crippen molar-refractivity contribution < 1.29 is 22.7 Å². The van der Waals surface area contributed by atoms with Crippen molar-refractivity contribution in [3.63, 3.8) is 0 Å². The molecule has 0 unspecified atom stereocenters. The minimum atomic E-state index is -4.51. The summed E-state index contributed by atoms with van der Waals surface area (Å²) >= 11 is 6.12. The van der Waals surface area contributed by atoms with Gasteiger partial charge in [0.1, 0.15) is 11.4 Å². The van der Waals surface area contributed by atoms with Crippen LogP contribution in [0.25, 0.3) is 0 Å². The number of ether oxygens (including phenoxy) is 1. The van der Waals surface area contributed by atoms with Crippen LogP contribution in [0, 0.1) is 0 Å². The van der Waals surface area contributed by atoms with Gasteiger partial charge in [-0.25, -0.2) is 9.97 Å². The first kappa shape index (κ1) is 23.6. The molecule has 1 atom stereocenters. The lowest BCUT2D eigenvalue weighted by atomic mass is 9.78. The number of anilines is 2. The normalized spacial score (nSPS) is 18.3. The Hall–Kier alpha value is -2.59. The molecular formula is C22H25ClF3N5O2. The zero-order chi connectivity index (χ0) is 24.0. The Kier molecular flexibility index (Phi) is 6.17. The van der Waals surface area contributed by atoms with Crippen molar-refractivity contribution in [2.75, 3.05) is 24.7 Å². The minimum absolute atomic E-state index is 0.0124. The number of aromatic nitrogens is 2. The monoisotopic (exact) mass is 483 g/mol. The first-order valence-electron chi connectivity index (χ1n) is 10.7. The molecule has 1 aromatic carbocycles. The number of carbonyl (C=O) groups is 1. The lowest BCUT2D eigenvalue weighted by Crippen LogP contribution is -2.55. The SMILES string of the molecule is COC1(C(=O)N2CCc3nc(Cl)nc(N[C@H](C)c4cc(N)cc(C(F)(F)F)c4)c3C2)CCC1. The highest BCUT2D eigenvalue weighted by Crippen LogP contribution is 2.39. The molecule has 3 N–H and O–H groups in total. The van der Waals surface area contributed by atoms with Crippen LogP contribution in [0.3, 0.4) is 0 Å². The molecule has 1 saturated carbocycles. The fourth-order valence-corrected chi connectivity index (χ4v) is 4.53. The van der Waals surface area contributed by atoms with Crippen LogP contribution >= 0.6 is 11.6 Å². The van der Waals surface area contributed by atoms with Gasteiger partial charge in [-0.3, -0.25) is 4.79 Å². The van der Waals surface area contributed by atoms with Crippen LogP contribution in [0.5, 0.6) is 0 Å². The zero-order valence-electron chi connectivity index (χ0n) is 18.3. The van der Waals surface area contributed by atoms with Crippen molar-refractivity contribution in [1.29, 1.82) is 0 Å². The fourth-order valence-electron chi connectivity index (χ4n) is 4.35. The van der Waals surface area contributed by atoms with Crippen LogP contribution in [0.1, 0.15) is 54.6 Å². The number of hydrogen-bond acceptors (Lipinski definition) is 6. The van der Waals surface area contributed by atoms with Crippen molar-refractivity contribution in [3.8, 4) is 0 Å². The molecule has 1 fully saturated rings. The van der Waals surface area contributed by atoms with Crippen LogP contribution in [-0.4, -0.2) is 40.0 Å². The number of alkyl halides is 3. The molecule has 1 amide bonds. The maximum Gasteiger partial charge on any atom is 0.416 e. The molecule has 0 radical (unpaired) electrons. The predicted octanol–water partition coefficient (Wildman–Crippen LogP) is 4.36. The van der Waals surface area contributed by atoms with E-state index in [2.05, 4.69) is 15.3 Å². The van der Waals surface area contributed by atoms with Gasteiger partial charge < -0.3 is 20.7 Å². The number of nitrogens with one attached hydrogen (secondary N) is 1. The van der Waals surface area contributed by atoms with Gasteiger partial charge in [0.15, 0.2) is 0 Å². The first-order valence-corrected chi connectivity index (χ1v) is 11.0. The Bertz CT molecular complexity index is 1070. The lowest BCUT2D eigenvalue weighted by molar-refractivity contribution is -0.167. The molecule has 0 spiro atoms. The molecule has 7 nitrogen and oxygen atoms in total. The number of benzene rings is 1. The second kappa shape index (κ2) is 8.64. The average molecular weight is 484 g/mol. The van der Waals surface area contributed by atoms with Gasteiger partial charge >= 0.3 is 6.18 Å². The second-order valence-corrected chi connectivity index (χ2v) is 8.89. The zero-order valence-corrected chi connectivity index (χ0v) is 19.1. The van der Waals surface area contributed by atoms with Crippen LogP contribution in [0.15, 0.2) is 18.2 Å². The van der Waals surface area contributed by atoms with E-state index in [-0.39, 0.29) is 23.4 Å². The number of rotatable bonds is 5. The molecule has 0 saturated heterocycles. The standard InChI is InChI=1S/C22H25ClF3N5O2/c1-12(13-8-14(22(24,25)26)10-15(27)9-13)28-18-16-11-31(7-4-17(16)29-20(23)30-18)19(32)21(33-2)5-3-6-21/h8-10,12H,3-7,11,27H2,1-2H3,(H,28,29,30)/t12-/m1/s1. The highest BCUT2D eigenvalue weighted by atomic mass is 35.5. The molecule has 11 heteroatoms. The largest absolute Gasteiger partial charge is 0.416 e. The molecule has 1 aliphatic carbocycles. The number of hydrogen-bond donors (Lipinski definition) is 2. The van der Waals surface area contributed by atoms with Gasteiger partial charge in [0.05, 0.1) is 23.8 Å². The molecule has 4 rings (SSSR count). The van der Waals surface area contributed by atoms with E-state index in [1.54, 1.807) is 18.9 Å². The smallest absolute Gasteiger partial charge is 0.399 e. The van der Waals surface area contributed by atoms with Gasteiger partial charge in [-0.2, -0.15) is 13.2 Å². The molecule has 33 heavy (non-hydrogen) atoms. The number of halogens is 4. The van der Waals surface area contributed by atoms with E-state index in [0.717, 1.165) is 18.6 Å². The van der Waals surface area contributed by atoms with Gasteiger partial charge in [-0.05, 0) is 61.5 Å². The summed E-state index contributed by atoms with van der Waals surface area (Å²) in [5.41, 5.74) is 5.87. The summed E-state index contributed by atoms with van der Waals surface area (Å²) < 4.78 is 45.2. The summed E-state index contributed by atoms with van der Waals surface area (Å²) in [6.45, 7) is 2.44. The highest BCUT2D eigenvalue weighted by Gasteiger charge is 2.47. The number of nitrogens with zero attached hydrogens (tertiary/aromatic N) is 3. The summed E-state index contributed by atoms with van der Waals surface area (Å²) in [6.07, 6.45) is -1.72. The van der Waals surface area contributed by atoms with Gasteiger partial charge in [0.2, 0.25) is 5.28 Å². The van der Waals surface area contributed by atoms with Crippen molar-refractivity contribution in [2.24, 2.45) is 0 Å². The van der Waals surface area contributed by atoms with E-state index in [0.29, 0.717) is 48.4 Å². The van der Waals surface area contributed by atoms with Crippen molar-refractivity contribution in [1.82, 2.24) is 14.9 Å². The fraction of sp³-hybridized carbons (Fsp3) is 0.500. The van der Waals surface area contributed by atoms with Gasteiger partial charge in [0.25, 0.3) is 5.91 Å². The molecule has 2 aliphatic rings. The van der Waals surface area contributed by atoms with E-state index in [9.17, 15) is 18.0 Å². The number of methoxy groups -OCH3 is 1. The van der Waals surface area contributed by atoms with Gasteiger partial charge in [-0.15, -0.1) is 0 Å². The third-order valence-electron chi connectivity index (χ3n) is 6.42. The second-order valence-electron chi connectivity index (χ2n) is 8.55. The Labute approximate surface area is 194 Å². The van der Waals surface area contributed by atoms with Crippen LogP contribution in [0.4, 0.5) is 24.7 Å². The number of amides is 1. The van der Waals surface area contributed by atoms with E-state index in [1.807, 2.05) is 0 Å². The van der Waals surface area contributed by atoms with E-state index < -0.39 is 23.4 Å². The summed E-state index contributed by atoms with van der Waals surface area (Å²) in [4.78, 5) is 23.4. The predicted molar refractivity (Wildman–Crippen MR) is 118 cm³/mol. The number of nitrogen functional groups attached to an aromatic ring is 1. The minimum Gasteiger partial charge on any atom is -0.399 e. The number of carbonyl (C=O) groups excluding carboxylic acids is 1. The van der Waals surface area contributed by atoms with Gasteiger partial charge in [0, 0.05) is 31.3 Å². The van der Waals surface area contributed by atoms with Gasteiger partial charge in [-0.1, -0.05) is 0 Å².